The van der Waals surface area contributed by atoms with Crippen molar-refractivity contribution in [2.75, 3.05) is 25.6 Å². The topological polar surface area (TPSA) is 30.5 Å². The van der Waals surface area contributed by atoms with Crippen LogP contribution in [0.15, 0.2) is 48.5 Å². The Morgan fingerprint density at radius 2 is 1.90 bits per heavy atom. The highest BCUT2D eigenvalue weighted by molar-refractivity contribution is 5.44. The number of ether oxygens (including phenoxy) is 2. The summed E-state index contributed by atoms with van der Waals surface area (Å²) in [6, 6.07) is 14.2. The fourth-order valence-corrected chi connectivity index (χ4v) is 1.79. The lowest BCUT2D eigenvalue weighted by Crippen LogP contribution is -2.05. The lowest BCUT2D eigenvalue weighted by Gasteiger charge is -2.09. The summed E-state index contributed by atoms with van der Waals surface area (Å²) in [6.45, 7) is 1.70. The highest BCUT2D eigenvalue weighted by atomic mass is 19.1. The maximum absolute atomic E-state index is 13.1. The summed E-state index contributed by atoms with van der Waals surface area (Å²) in [5.41, 5.74) is 1.83. The van der Waals surface area contributed by atoms with E-state index in [9.17, 15) is 4.39 Å². The van der Waals surface area contributed by atoms with Gasteiger partial charge in [-0.1, -0.05) is 18.2 Å². The number of anilines is 1. The minimum absolute atomic E-state index is 0.244. The van der Waals surface area contributed by atoms with Gasteiger partial charge in [-0.05, 0) is 35.9 Å². The molecule has 20 heavy (non-hydrogen) atoms. The third-order valence-electron chi connectivity index (χ3n) is 2.78. The molecule has 2 aromatic rings. The summed E-state index contributed by atoms with van der Waals surface area (Å²) >= 11 is 0. The SMILES string of the molecule is COCCOc1cccc(CNc2cccc(F)c2)c1. The predicted octanol–water partition coefficient (Wildman–Crippen LogP) is 3.46. The van der Waals surface area contributed by atoms with E-state index in [1.165, 1.54) is 12.1 Å². The predicted molar refractivity (Wildman–Crippen MR) is 77.5 cm³/mol. The molecule has 0 unspecified atom stereocenters. The van der Waals surface area contributed by atoms with Crippen LogP contribution in [0.3, 0.4) is 0 Å². The minimum atomic E-state index is -0.244. The Hall–Kier alpha value is -2.07. The number of rotatable bonds is 7. The van der Waals surface area contributed by atoms with Crippen LogP contribution < -0.4 is 10.1 Å². The van der Waals surface area contributed by atoms with Crippen molar-refractivity contribution in [3.63, 3.8) is 0 Å². The van der Waals surface area contributed by atoms with E-state index in [4.69, 9.17) is 9.47 Å². The van der Waals surface area contributed by atoms with Crippen LogP contribution in [0.5, 0.6) is 5.75 Å². The van der Waals surface area contributed by atoms with E-state index < -0.39 is 0 Å². The molecule has 0 aromatic heterocycles. The van der Waals surface area contributed by atoms with Gasteiger partial charge in [-0.2, -0.15) is 0 Å². The normalized spacial score (nSPS) is 10.3. The fourth-order valence-electron chi connectivity index (χ4n) is 1.79. The molecule has 0 amide bonds. The molecule has 2 aromatic carbocycles. The van der Waals surface area contributed by atoms with E-state index in [-0.39, 0.29) is 5.82 Å². The number of hydrogen-bond acceptors (Lipinski definition) is 3. The van der Waals surface area contributed by atoms with Gasteiger partial charge in [0.1, 0.15) is 18.2 Å². The third-order valence-corrected chi connectivity index (χ3v) is 2.78. The van der Waals surface area contributed by atoms with Crippen molar-refractivity contribution in [2.45, 2.75) is 6.54 Å². The van der Waals surface area contributed by atoms with Gasteiger partial charge in [-0.3, -0.25) is 0 Å². The van der Waals surface area contributed by atoms with Crippen molar-refractivity contribution in [3.05, 3.63) is 59.9 Å². The lowest BCUT2D eigenvalue weighted by atomic mass is 10.2. The quantitative estimate of drug-likeness (QED) is 0.785. The Morgan fingerprint density at radius 3 is 2.70 bits per heavy atom. The summed E-state index contributed by atoms with van der Waals surface area (Å²) in [5.74, 6) is 0.562. The van der Waals surface area contributed by atoms with E-state index in [1.54, 1.807) is 13.2 Å². The van der Waals surface area contributed by atoms with E-state index in [1.807, 2.05) is 30.3 Å². The van der Waals surface area contributed by atoms with Gasteiger partial charge < -0.3 is 14.8 Å². The molecule has 0 bridgehead atoms. The Balaban J connectivity index is 1.91. The summed E-state index contributed by atoms with van der Waals surface area (Å²) in [6.07, 6.45) is 0. The Bertz CT molecular complexity index is 546. The Morgan fingerprint density at radius 1 is 1.05 bits per heavy atom. The number of hydrogen-bond donors (Lipinski definition) is 1. The molecule has 0 aliphatic heterocycles. The van der Waals surface area contributed by atoms with E-state index >= 15 is 0 Å². The molecule has 0 aliphatic rings. The van der Waals surface area contributed by atoms with Crippen LogP contribution in [-0.4, -0.2) is 20.3 Å². The van der Waals surface area contributed by atoms with Crippen LogP contribution in [0.2, 0.25) is 0 Å². The maximum atomic E-state index is 13.1. The Kier molecular flexibility index (Phi) is 5.38. The molecule has 2 rings (SSSR count). The molecule has 1 N–H and O–H groups in total. The molecule has 0 atom stereocenters. The zero-order valence-corrected chi connectivity index (χ0v) is 11.4. The van der Waals surface area contributed by atoms with Gasteiger partial charge in [0.25, 0.3) is 0 Å². The largest absolute Gasteiger partial charge is 0.491 e. The van der Waals surface area contributed by atoms with E-state index in [0.29, 0.717) is 19.8 Å². The van der Waals surface area contributed by atoms with Crippen molar-refractivity contribution < 1.29 is 13.9 Å². The van der Waals surface area contributed by atoms with Crippen LogP contribution >= 0.6 is 0 Å². The van der Waals surface area contributed by atoms with Crippen molar-refractivity contribution in [1.82, 2.24) is 0 Å². The molecule has 0 saturated heterocycles. The first-order chi connectivity index (χ1) is 9.78. The number of halogens is 1. The number of methoxy groups -OCH3 is 1. The monoisotopic (exact) mass is 275 g/mol. The maximum Gasteiger partial charge on any atom is 0.125 e. The summed E-state index contributed by atoms with van der Waals surface area (Å²) in [7, 11) is 1.64. The van der Waals surface area contributed by atoms with Crippen LogP contribution in [-0.2, 0) is 11.3 Å². The molecule has 3 nitrogen and oxygen atoms in total. The first-order valence-corrected chi connectivity index (χ1v) is 6.48. The van der Waals surface area contributed by atoms with Gasteiger partial charge in [0.05, 0.1) is 6.61 Å². The molecule has 106 valence electrons. The zero-order valence-electron chi connectivity index (χ0n) is 11.4. The summed E-state index contributed by atoms with van der Waals surface area (Å²) < 4.78 is 23.5. The van der Waals surface area contributed by atoms with Crippen LogP contribution in [0.4, 0.5) is 10.1 Å². The van der Waals surface area contributed by atoms with Crippen LogP contribution in [0.1, 0.15) is 5.56 Å². The number of benzene rings is 2. The zero-order chi connectivity index (χ0) is 14.2. The van der Waals surface area contributed by atoms with Crippen molar-refractivity contribution in [3.8, 4) is 5.75 Å². The second-order valence-corrected chi connectivity index (χ2v) is 4.35. The molecule has 0 aliphatic carbocycles. The average Bonchev–Trinajstić information content (AvgIpc) is 2.46. The van der Waals surface area contributed by atoms with Crippen molar-refractivity contribution >= 4 is 5.69 Å². The smallest absolute Gasteiger partial charge is 0.125 e. The van der Waals surface area contributed by atoms with Gasteiger partial charge in [-0.15, -0.1) is 0 Å². The standard InChI is InChI=1S/C16H18FNO2/c1-19-8-9-20-16-7-2-4-13(10-16)12-18-15-6-3-5-14(17)11-15/h2-7,10-11,18H,8-9,12H2,1H3. The second-order valence-electron chi connectivity index (χ2n) is 4.35. The highest BCUT2D eigenvalue weighted by Gasteiger charge is 1.99. The summed E-state index contributed by atoms with van der Waals surface area (Å²) in [4.78, 5) is 0. The van der Waals surface area contributed by atoms with Crippen LogP contribution in [0.25, 0.3) is 0 Å². The third kappa shape index (κ3) is 4.55. The van der Waals surface area contributed by atoms with Gasteiger partial charge in [0.2, 0.25) is 0 Å². The van der Waals surface area contributed by atoms with E-state index in [2.05, 4.69) is 5.32 Å². The highest BCUT2D eigenvalue weighted by Crippen LogP contribution is 2.15. The molecule has 0 saturated carbocycles. The second kappa shape index (κ2) is 7.50. The molecular formula is C16H18FNO2. The van der Waals surface area contributed by atoms with Gasteiger partial charge in [0.15, 0.2) is 0 Å². The molecule has 0 heterocycles. The van der Waals surface area contributed by atoms with Crippen molar-refractivity contribution in [2.24, 2.45) is 0 Å². The fraction of sp³-hybridized carbons (Fsp3) is 0.250. The van der Waals surface area contributed by atoms with E-state index in [0.717, 1.165) is 17.0 Å². The molecular weight excluding hydrogens is 257 g/mol. The molecule has 0 fully saturated rings. The van der Waals surface area contributed by atoms with Gasteiger partial charge in [0, 0.05) is 19.3 Å². The first-order valence-electron chi connectivity index (χ1n) is 6.48. The van der Waals surface area contributed by atoms with Crippen molar-refractivity contribution in [1.29, 1.82) is 0 Å². The van der Waals surface area contributed by atoms with Gasteiger partial charge >= 0.3 is 0 Å². The minimum Gasteiger partial charge on any atom is -0.491 e. The van der Waals surface area contributed by atoms with Crippen LogP contribution in [0, 0.1) is 5.82 Å². The summed E-state index contributed by atoms with van der Waals surface area (Å²) in [5, 5.41) is 3.18. The molecule has 0 radical (unpaired) electrons. The average molecular weight is 275 g/mol. The first kappa shape index (κ1) is 14.3. The Labute approximate surface area is 118 Å². The molecule has 4 heteroatoms. The molecule has 0 spiro atoms. The number of nitrogens with one attached hydrogen (secondary N) is 1. The van der Waals surface area contributed by atoms with Gasteiger partial charge in [-0.25, -0.2) is 4.39 Å². The lowest BCUT2D eigenvalue weighted by molar-refractivity contribution is 0.146.